The number of nitrogens with zero attached hydrogens (tertiary/aromatic N) is 1. The van der Waals surface area contributed by atoms with E-state index in [1.807, 2.05) is 0 Å². The van der Waals surface area contributed by atoms with Gasteiger partial charge < -0.3 is 9.64 Å². The number of methoxy groups -OCH3 is 1. The van der Waals surface area contributed by atoms with Crippen LogP contribution in [0.15, 0.2) is 24.3 Å². The predicted octanol–water partition coefficient (Wildman–Crippen LogP) is 3.21. The maximum Gasteiger partial charge on any atom is 0.0733 e. The van der Waals surface area contributed by atoms with Crippen molar-refractivity contribution in [2.45, 2.75) is 38.8 Å². The zero-order valence-electron chi connectivity index (χ0n) is 10.3. The molecule has 0 N–H and O–H groups in total. The van der Waals surface area contributed by atoms with E-state index in [-0.39, 0.29) is 0 Å². The lowest BCUT2D eigenvalue weighted by atomic mass is 10.0. The molecule has 88 valence electrons. The van der Waals surface area contributed by atoms with Crippen LogP contribution in [0.3, 0.4) is 0 Å². The van der Waals surface area contributed by atoms with Crippen LogP contribution in [-0.2, 0) is 11.3 Å². The molecule has 1 fully saturated rings. The van der Waals surface area contributed by atoms with E-state index in [0.29, 0.717) is 12.6 Å². The highest BCUT2D eigenvalue weighted by Crippen LogP contribution is 2.28. The third-order valence-electron chi connectivity index (χ3n) is 3.40. The van der Waals surface area contributed by atoms with Crippen LogP contribution >= 0.6 is 0 Å². The molecule has 1 heterocycles. The topological polar surface area (TPSA) is 12.5 Å². The second-order valence-corrected chi connectivity index (χ2v) is 4.60. The van der Waals surface area contributed by atoms with E-state index in [2.05, 4.69) is 36.1 Å². The van der Waals surface area contributed by atoms with Gasteiger partial charge in [0.1, 0.15) is 0 Å². The van der Waals surface area contributed by atoms with Crippen LogP contribution < -0.4 is 4.90 Å². The molecule has 1 aliphatic rings. The Balaban J connectivity index is 2.23. The van der Waals surface area contributed by atoms with Crippen LogP contribution in [0.2, 0.25) is 0 Å². The molecule has 1 atom stereocenters. The van der Waals surface area contributed by atoms with Crippen molar-refractivity contribution in [2.75, 3.05) is 18.6 Å². The monoisotopic (exact) mass is 219 g/mol. The Bertz CT molecular complexity index is 337. The van der Waals surface area contributed by atoms with Crippen LogP contribution in [0, 0.1) is 0 Å². The minimum atomic E-state index is 0.659. The van der Waals surface area contributed by atoms with Gasteiger partial charge in [-0.15, -0.1) is 0 Å². The van der Waals surface area contributed by atoms with E-state index in [9.17, 15) is 0 Å². The molecule has 0 aliphatic carbocycles. The SMILES string of the molecule is COCc1ccccc1N1CCCCC1C. The van der Waals surface area contributed by atoms with Crippen LogP contribution in [0.25, 0.3) is 0 Å². The Labute approximate surface area is 98.2 Å². The van der Waals surface area contributed by atoms with Gasteiger partial charge in [-0.25, -0.2) is 0 Å². The van der Waals surface area contributed by atoms with Crippen molar-refractivity contribution in [1.82, 2.24) is 0 Å². The molecule has 1 aromatic carbocycles. The number of ether oxygens (including phenoxy) is 1. The minimum Gasteiger partial charge on any atom is -0.380 e. The number of piperidine rings is 1. The molecular formula is C14H21NO. The molecule has 0 amide bonds. The molecule has 0 bridgehead atoms. The summed E-state index contributed by atoms with van der Waals surface area (Å²) in [7, 11) is 1.76. The Kier molecular flexibility index (Phi) is 3.83. The highest BCUT2D eigenvalue weighted by Gasteiger charge is 2.20. The summed E-state index contributed by atoms with van der Waals surface area (Å²) in [4.78, 5) is 2.53. The highest BCUT2D eigenvalue weighted by molar-refractivity contribution is 5.54. The second-order valence-electron chi connectivity index (χ2n) is 4.60. The minimum absolute atomic E-state index is 0.659. The first-order chi connectivity index (χ1) is 7.83. The maximum atomic E-state index is 5.27. The van der Waals surface area contributed by atoms with E-state index in [0.717, 1.165) is 0 Å². The van der Waals surface area contributed by atoms with Crippen molar-refractivity contribution in [3.8, 4) is 0 Å². The van der Waals surface area contributed by atoms with Crippen LogP contribution in [0.5, 0.6) is 0 Å². The lowest BCUT2D eigenvalue weighted by molar-refractivity contribution is 0.185. The first-order valence-corrected chi connectivity index (χ1v) is 6.16. The average molecular weight is 219 g/mol. The van der Waals surface area contributed by atoms with Gasteiger partial charge in [0.2, 0.25) is 0 Å². The molecule has 0 aromatic heterocycles. The molecule has 1 saturated heterocycles. The van der Waals surface area contributed by atoms with Gasteiger partial charge in [0.15, 0.2) is 0 Å². The largest absolute Gasteiger partial charge is 0.380 e. The van der Waals surface area contributed by atoms with Crippen molar-refractivity contribution in [3.63, 3.8) is 0 Å². The van der Waals surface area contributed by atoms with Gasteiger partial charge >= 0.3 is 0 Å². The van der Waals surface area contributed by atoms with Crippen molar-refractivity contribution >= 4 is 5.69 Å². The fourth-order valence-corrected chi connectivity index (χ4v) is 2.52. The van der Waals surface area contributed by atoms with Gasteiger partial charge in [-0.3, -0.25) is 0 Å². The molecule has 0 saturated carbocycles. The van der Waals surface area contributed by atoms with Crippen molar-refractivity contribution < 1.29 is 4.74 Å². The number of para-hydroxylation sites is 1. The third kappa shape index (κ3) is 2.38. The van der Waals surface area contributed by atoms with E-state index in [4.69, 9.17) is 4.74 Å². The summed E-state index contributed by atoms with van der Waals surface area (Å²) in [6.45, 7) is 4.21. The number of hydrogen-bond acceptors (Lipinski definition) is 2. The normalized spacial score (nSPS) is 21.1. The second kappa shape index (κ2) is 5.35. The summed E-state index contributed by atoms with van der Waals surface area (Å²) in [5.74, 6) is 0. The van der Waals surface area contributed by atoms with Crippen LogP contribution in [0.4, 0.5) is 5.69 Å². The molecule has 0 spiro atoms. The summed E-state index contributed by atoms with van der Waals surface area (Å²) in [5.41, 5.74) is 2.66. The number of benzene rings is 1. The van der Waals surface area contributed by atoms with E-state index in [1.54, 1.807) is 7.11 Å². The first-order valence-electron chi connectivity index (χ1n) is 6.16. The molecule has 16 heavy (non-hydrogen) atoms. The Morgan fingerprint density at radius 1 is 1.31 bits per heavy atom. The van der Waals surface area contributed by atoms with Crippen molar-refractivity contribution in [1.29, 1.82) is 0 Å². The molecule has 0 radical (unpaired) electrons. The standard InChI is InChI=1S/C14H21NO/c1-12-7-5-6-10-15(12)14-9-4-3-8-13(14)11-16-2/h3-4,8-9,12H,5-7,10-11H2,1-2H3. The Hall–Kier alpha value is -1.02. The third-order valence-corrected chi connectivity index (χ3v) is 3.40. The maximum absolute atomic E-state index is 5.27. The highest BCUT2D eigenvalue weighted by atomic mass is 16.5. The summed E-state index contributed by atoms with van der Waals surface area (Å²) in [6.07, 6.45) is 3.98. The summed E-state index contributed by atoms with van der Waals surface area (Å²) >= 11 is 0. The van der Waals surface area contributed by atoms with Gasteiger partial charge in [0.25, 0.3) is 0 Å². The van der Waals surface area contributed by atoms with E-state index in [1.165, 1.54) is 37.1 Å². The fraction of sp³-hybridized carbons (Fsp3) is 0.571. The molecule has 1 aliphatic heterocycles. The van der Waals surface area contributed by atoms with Crippen LogP contribution in [-0.4, -0.2) is 19.7 Å². The van der Waals surface area contributed by atoms with E-state index < -0.39 is 0 Å². The van der Waals surface area contributed by atoms with Gasteiger partial charge in [0, 0.05) is 30.9 Å². The average Bonchev–Trinajstić information content (AvgIpc) is 2.31. The number of hydrogen-bond donors (Lipinski definition) is 0. The molecular weight excluding hydrogens is 198 g/mol. The quantitative estimate of drug-likeness (QED) is 0.774. The molecule has 1 unspecified atom stereocenters. The smallest absolute Gasteiger partial charge is 0.0733 e. The molecule has 2 rings (SSSR count). The summed E-state index contributed by atoms with van der Waals surface area (Å²) in [6, 6.07) is 9.25. The van der Waals surface area contributed by atoms with Crippen molar-refractivity contribution in [2.24, 2.45) is 0 Å². The molecule has 2 nitrogen and oxygen atoms in total. The van der Waals surface area contributed by atoms with Crippen molar-refractivity contribution in [3.05, 3.63) is 29.8 Å². The van der Waals surface area contributed by atoms with E-state index >= 15 is 0 Å². The zero-order valence-corrected chi connectivity index (χ0v) is 10.3. The van der Waals surface area contributed by atoms with Gasteiger partial charge in [-0.05, 0) is 32.3 Å². The lowest BCUT2D eigenvalue weighted by Gasteiger charge is -2.36. The lowest BCUT2D eigenvalue weighted by Crippen LogP contribution is -2.38. The van der Waals surface area contributed by atoms with Gasteiger partial charge in [0.05, 0.1) is 6.61 Å². The number of anilines is 1. The van der Waals surface area contributed by atoms with Gasteiger partial charge in [-0.1, -0.05) is 18.2 Å². The predicted molar refractivity (Wildman–Crippen MR) is 67.8 cm³/mol. The summed E-state index contributed by atoms with van der Waals surface area (Å²) < 4.78 is 5.27. The number of rotatable bonds is 3. The zero-order chi connectivity index (χ0) is 11.4. The molecule has 1 aromatic rings. The van der Waals surface area contributed by atoms with Crippen LogP contribution in [0.1, 0.15) is 31.7 Å². The fourth-order valence-electron chi connectivity index (χ4n) is 2.52. The summed E-state index contributed by atoms with van der Waals surface area (Å²) in [5, 5.41) is 0. The Morgan fingerprint density at radius 3 is 2.88 bits per heavy atom. The Morgan fingerprint density at radius 2 is 2.12 bits per heavy atom. The molecule has 2 heteroatoms. The van der Waals surface area contributed by atoms with Gasteiger partial charge in [-0.2, -0.15) is 0 Å². The first kappa shape index (κ1) is 11.5.